The first-order chi connectivity index (χ1) is 12.2. The number of aromatic nitrogens is 2. The maximum Gasteiger partial charge on any atom is 0.244 e. The fourth-order valence-corrected chi connectivity index (χ4v) is 3.27. The van der Waals surface area contributed by atoms with Crippen LogP contribution in [0.15, 0.2) is 73.1 Å². The van der Waals surface area contributed by atoms with Crippen molar-refractivity contribution in [2.45, 2.75) is 12.6 Å². The van der Waals surface area contributed by atoms with Crippen LogP contribution in [0.3, 0.4) is 0 Å². The molecule has 1 unspecified atom stereocenters. The molecule has 0 saturated carbocycles. The highest BCUT2D eigenvalue weighted by Gasteiger charge is 2.16. The number of fused-ring (bicyclic) bond motifs is 2. The number of ether oxygens (including phenoxy) is 1. The summed E-state index contributed by atoms with van der Waals surface area (Å²) in [4.78, 5) is 0. The van der Waals surface area contributed by atoms with Gasteiger partial charge < -0.3 is 9.84 Å². The first-order valence-corrected chi connectivity index (χ1v) is 8.44. The van der Waals surface area contributed by atoms with Crippen molar-refractivity contribution in [2.24, 2.45) is 7.05 Å². The Morgan fingerprint density at radius 2 is 1.76 bits per heavy atom. The van der Waals surface area contributed by atoms with E-state index >= 15 is 0 Å². The van der Waals surface area contributed by atoms with E-state index in [-0.39, 0.29) is 6.61 Å². The summed E-state index contributed by atoms with van der Waals surface area (Å²) in [6.45, 7) is 0.746. The number of aliphatic hydroxyl groups excluding tert-OH is 1. The number of imidazole rings is 1. The van der Waals surface area contributed by atoms with Gasteiger partial charge in [0.05, 0.1) is 7.05 Å². The molecule has 126 valence electrons. The smallest absolute Gasteiger partial charge is 0.244 e. The molecule has 0 saturated heterocycles. The standard InChI is InChI=1S/C21H21N2O2/c1-22-15-23(20-11-5-4-10-19(20)22)13-17(24)14-25-21-12-6-8-16-7-2-3-9-18(16)21/h2-12,15,17,24H,13-14H2,1H3/q+1. The summed E-state index contributed by atoms with van der Waals surface area (Å²) in [6.07, 6.45) is 1.42. The van der Waals surface area contributed by atoms with Crippen molar-refractivity contribution >= 4 is 21.8 Å². The third kappa shape index (κ3) is 3.08. The summed E-state index contributed by atoms with van der Waals surface area (Å²) in [5, 5.41) is 12.7. The van der Waals surface area contributed by atoms with Crippen molar-refractivity contribution in [1.29, 1.82) is 0 Å². The van der Waals surface area contributed by atoms with Crippen LogP contribution in [0, 0.1) is 0 Å². The zero-order valence-corrected chi connectivity index (χ0v) is 14.2. The van der Waals surface area contributed by atoms with Gasteiger partial charge in [-0.15, -0.1) is 0 Å². The predicted octanol–water partition coefficient (Wildman–Crippen LogP) is 3.06. The minimum atomic E-state index is -0.588. The van der Waals surface area contributed by atoms with Crippen LogP contribution >= 0.6 is 0 Å². The van der Waals surface area contributed by atoms with Gasteiger partial charge in [0.2, 0.25) is 6.33 Å². The lowest BCUT2D eigenvalue weighted by Crippen LogP contribution is -2.27. The average molecular weight is 333 g/mol. The van der Waals surface area contributed by atoms with Gasteiger partial charge in [-0.1, -0.05) is 48.5 Å². The van der Waals surface area contributed by atoms with Gasteiger partial charge in [0.15, 0.2) is 11.0 Å². The third-order valence-electron chi connectivity index (χ3n) is 4.47. The van der Waals surface area contributed by atoms with E-state index in [0.29, 0.717) is 6.54 Å². The lowest BCUT2D eigenvalue weighted by Gasteiger charge is -2.12. The van der Waals surface area contributed by atoms with E-state index in [4.69, 9.17) is 4.74 Å². The Bertz CT molecular complexity index is 1020. The van der Waals surface area contributed by atoms with Crippen LogP contribution in [0.1, 0.15) is 0 Å². The molecule has 0 fully saturated rings. The fourth-order valence-electron chi connectivity index (χ4n) is 3.27. The molecule has 1 aromatic heterocycles. The second kappa shape index (κ2) is 6.57. The molecule has 0 aliphatic heterocycles. The molecule has 25 heavy (non-hydrogen) atoms. The summed E-state index contributed by atoms with van der Waals surface area (Å²) < 4.78 is 10.0. The van der Waals surface area contributed by atoms with Crippen molar-refractivity contribution in [3.05, 3.63) is 73.1 Å². The molecule has 3 aromatic carbocycles. The van der Waals surface area contributed by atoms with E-state index in [2.05, 4.69) is 33.4 Å². The first-order valence-electron chi connectivity index (χ1n) is 8.44. The number of para-hydroxylation sites is 2. The maximum atomic E-state index is 10.4. The minimum absolute atomic E-state index is 0.254. The molecule has 1 heterocycles. The van der Waals surface area contributed by atoms with Crippen molar-refractivity contribution < 1.29 is 14.4 Å². The topological polar surface area (TPSA) is 38.3 Å². The van der Waals surface area contributed by atoms with E-state index < -0.39 is 6.10 Å². The number of benzene rings is 3. The number of hydrogen-bond acceptors (Lipinski definition) is 2. The predicted molar refractivity (Wildman–Crippen MR) is 98.6 cm³/mol. The van der Waals surface area contributed by atoms with Gasteiger partial charge in [-0.05, 0) is 23.6 Å². The van der Waals surface area contributed by atoms with Gasteiger partial charge in [-0.2, -0.15) is 0 Å². The van der Waals surface area contributed by atoms with Crippen LogP contribution in [-0.4, -0.2) is 22.4 Å². The summed E-state index contributed by atoms with van der Waals surface area (Å²) >= 11 is 0. The SMILES string of the molecule is C[n+]1cn(CC(O)COc2cccc3ccccc23)c2ccccc21. The Labute approximate surface area is 146 Å². The Balaban J connectivity index is 1.49. The molecule has 4 nitrogen and oxygen atoms in total. The normalized spacial score (nSPS) is 12.6. The summed E-state index contributed by atoms with van der Waals surface area (Å²) in [7, 11) is 2.01. The lowest BCUT2D eigenvalue weighted by atomic mass is 10.1. The summed E-state index contributed by atoms with van der Waals surface area (Å²) in [5.41, 5.74) is 2.25. The number of hydrogen-bond donors (Lipinski definition) is 1. The molecule has 4 rings (SSSR count). The number of rotatable bonds is 5. The highest BCUT2D eigenvalue weighted by atomic mass is 16.5. The lowest BCUT2D eigenvalue weighted by molar-refractivity contribution is -0.645. The highest BCUT2D eigenvalue weighted by molar-refractivity contribution is 5.88. The number of aliphatic hydroxyl groups is 1. The fraction of sp³-hybridized carbons (Fsp3) is 0.190. The largest absolute Gasteiger partial charge is 0.490 e. The average Bonchev–Trinajstić information content (AvgIpc) is 2.96. The first kappa shape index (κ1) is 15.7. The van der Waals surface area contributed by atoms with Gasteiger partial charge >= 0.3 is 0 Å². The molecule has 0 aliphatic rings. The molecule has 0 aliphatic carbocycles. The third-order valence-corrected chi connectivity index (χ3v) is 4.47. The van der Waals surface area contributed by atoms with Crippen molar-refractivity contribution in [1.82, 2.24) is 4.57 Å². The van der Waals surface area contributed by atoms with Gasteiger partial charge in [0.1, 0.15) is 25.0 Å². The Kier molecular flexibility index (Phi) is 4.12. The molecular formula is C21H21N2O2+. The zero-order chi connectivity index (χ0) is 17.2. The molecule has 1 atom stereocenters. The molecule has 0 spiro atoms. The van der Waals surface area contributed by atoms with Gasteiger partial charge in [-0.3, -0.25) is 0 Å². The number of aryl methyl sites for hydroxylation is 1. The molecule has 0 bridgehead atoms. The van der Waals surface area contributed by atoms with E-state index in [1.807, 2.05) is 55.8 Å². The second-order valence-electron chi connectivity index (χ2n) is 6.31. The van der Waals surface area contributed by atoms with Crippen molar-refractivity contribution in [3.63, 3.8) is 0 Å². The van der Waals surface area contributed by atoms with Crippen molar-refractivity contribution in [3.8, 4) is 5.75 Å². The van der Waals surface area contributed by atoms with Crippen LogP contribution in [0.2, 0.25) is 0 Å². The van der Waals surface area contributed by atoms with E-state index in [9.17, 15) is 5.11 Å². The minimum Gasteiger partial charge on any atom is -0.490 e. The van der Waals surface area contributed by atoms with E-state index in [1.54, 1.807) is 0 Å². The van der Waals surface area contributed by atoms with Gasteiger partial charge in [0, 0.05) is 5.39 Å². The van der Waals surface area contributed by atoms with Crippen LogP contribution in [0.4, 0.5) is 0 Å². The Hall–Kier alpha value is -2.85. The summed E-state index contributed by atoms with van der Waals surface area (Å²) in [5.74, 6) is 0.806. The molecule has 4 aromatic rings. The van der Waals surface area contributed by atoms with E-state index in [1.165, 1.54) is 0 Å². The molecule has 0 amide bonds. The quantitative estimate of drug-likeness (QED) is 0.570. The molecular weight excluding hydrogens is 312 g/mol. The maximum absolute atomic E-state index is 10.4. The second-order valence-corrected chi connectivity index (χ2v) is 6.31. The van der Waals surface area contributed by atoms with Crippen LogP contribution in [0.5, 0.6) is 5.75 Å². The monoisotopic (exact) mass is 333 g/mol. The van der Waals surface area contributed by atoms with Crippen LogP contribution < -0.4 is 9.30 Å². The Morgan fingerprint density at radius 3 is 2.68 bits per heavy atom. The van der Waals surface area contributed by atoms with Gasteiger partial charge in [0.25, 0.3) is 0 Å². The van der Waals surface area contributed by atoms with E-state index in [0.717, 1.165) is 27.6 Å². The summed E-state index contributed by atoms with van der Waals surface area (Å²) in [6, 6.07) is 22.3. The highest BCUT2D eigenvalue weighted by Crippen LogP contribution is 2.25. The Morgan fingerprint density at radius 1 is 1.00 bits per heavy atom. The molecule has 1 N–H and O–H groups in total. The molecule has 4 heteroatoms. The number of nitrogens with zero attached hydrogens (tertiary/aromatic N) is 2. The molecule has 0 radical (unpaired) electrons. The van der Waals surface area contributed by atoms with Crippen molar-refractivity contribution in [2.75, 3.05) is 6.61 Å². The van der Waals surface area contributed by atoms with Crippen LogP contribution in [-0.2, 0) is 13.6 Å². The zero-order valence-electron chi connectivity index (χ0n) is 14.2. The van der Waals surface area contributed by atoms with Gasteiger partial charge in [-0.25, -0.2) is 9.13 Å². The van der Waals surface area contributed by atoms with Crippen LogP contribution in [0.25, 0.3) is 21.8 Å².